The molecule has 1 aliphatic rings. The number of carboxylic acid groups (broad SMARTS) is 1. The highest BCUT2D eigenvalue weighted by Crippen LogP contribution is 2.40. The van der Waals surface area contributed by atoms with E-state index in [9.17, 15) is 14.7 Å². The minimum atomic E-state index is -1.08. The second kappa shape index (κ2) is 6.97. The van der Waals surface area contributed by atoms with Crippen molar-refractivity contribution < 1.29 is 19.4 Å². The Morgan fingerprint density at radius 2 is 1.80 bits per heavy atom. The quantitative estimate of drug-likeness (QED) is 0.847. The fourth-order valence-corrected chi connectivity index (χ4v) is 3.39. The average Bonchev–Trinajstić information content (AvgIpc) is 2.94. The number of amides is 1. The molecule has 0 saturated heterocycles. The molecule has 25 heavy (non-hydrogen) atoms. The molecule has 0 saturated carbocycles. The Bertz CT molecular complexity index is 775. The summed E-state index contributed by atoms with van der Waals surface area (Å²) in [6.07, 6.45) is 0.700. The molecule has 1 amide bonds. The molecule has 3 rings (SSSR count). The second-order valence-electron chi connectivity index (χ2n) is 6.39. The Kier molecular flexibility index (Phi) is 4.74. The third-order valence-corrected chi connectivity index (χ3v) is 4.56. The van der Waals surface area contributed by atoms with Crippen LogP contribution in [0.4, 0.5) is 5.69 Å². The normalized spacial score (nSPS) is 14.6. The van der Waals surface area contributed by atoms with Gasteiger partial charge in [0.25, 0.3) is 0 Å². The van der Waals surface area contributed by atoms with Crippen molar-refractivity contribution in [2.45, 2.75) is 26.2 Å². The van der Waals surface area contributed by atoms with E-state index in [1.807, 2.05) is 37.3 Å². The Morgan fingerprint density at radius 1 is 1.12 bits per heavy atom. The molecule has 0 heterocycles. The number of hydrogen-bond donors (Lipinski definition) is 2. The van der Waals surface area contributed by atoms with Crippen molar-refractivity contribution in [3.8, 4) is 5.75 Å². The number of aliphatic carboxylic acids is 1. The molecule has 0 aromatic heterocycles. The van der Waals surface area contributed by atoms with Crippen molar-refractivity contribution in [1.82, 2.24) is 0 Å². The maximum absolute atomic E-state index is 12.5. The first-order valence-corrected chi connectivity index (χ1v) is 8.35. The molecule has 0 bridgehead atoms. The van der Waals surface area contributed by atoms with Crippen molar-refractivity contribution in [2.24, 2.45) is 5.41 Å². The SMILES string of the molecule is CCOc1cccc(NC(=O)CC2(C(=O)O)Cc3ccccc3C2)c1. The molecule has 1 aliphatic carbocycles. The summed E-state index contributed by atoms with van der Waals surface area (Å²) in [6, 6.07) is 14.8. The predicted molar refractivity (Wildman–Crippen MR) is 94.8 cm³/mol. The van der Waals surface area contributed by atoms with Crippen LogP contribution in [0, 0.1) is 5.41 Å². The monoisotopic (exact) mass is 339 g/mol. The number of benzene rings is 2. The lowest BCUT2D eigenvalue weighted by Crippen LogP contribution is -2.36. The van der Waals surface area contributed by atoms with E-state index in [1.165, 1.54) is 0 Å². The number of ether oxygens (including phenoxy) is 1. The lowest BCUT2D eigenvalue weighted by molar-refractivity contribution is -0.150. The van der Waals surface area contributed by atoms with Crippen LogP contribution in [0.1, 0.15) is 24.5 Å². The minimum Gasteiger partial charge on any atom is -0.494 e. The van der Waals surface area contributed by atoms with Crippen molar-refractivity contribution >= 4 is 17.6 Å². The van der Waals surface area contributed by atoms with E-state index in [0.717, 1.165) is 11.1 Å². The molecule has 2 aromatic rings. The summed E-state index contributed by atoms with van der Waals surface area (Å²) in [7, 11) is 0. The zero-order valence-corrected chi connectivity index (χ0v) is 14.1. The van der Waals surface area contributed by atoms with Crippen LogP contribution >= 0.6 is 0 Å². The number of carbonyl (C=O) groups is 2. The summed E-state index contributed by atoms with van der Waals surface area (Å²) in [6.45, 7) is 2.43. The highest BCUT2D eigenvalue weighted by molar-refractivity contribution is 5.95. The van der Waals surface area contributed by atoms with Gasteiger partial charge in [-0.1, -0.05) is 30.3 Å². The molecule has 2 aromatic carbocycles. The fourth-order valence-electron chi connectivity index (χ4n) is 3.39. The lowest BCUT2D eigenvalue weighted by atomic mass is 9.81. The Morgan fingerprint density at radius 3 is 2.40 bits per heavy atom. The van der Waals surface area contributed by atoms with Crippen LogP contribution in [0.25, 0.3) is 0 Å². The molecular weight excluding hydrogens is 318 g/mol. The predicted octanol–water partition coefficient (Wildman–Crippen LogP) is 3.28. The van der Waals surface area contributed by atoms with E-state index >= 15 is 0 Å². The molecule has 0 atom stereocenters. The van der Waals surface area contributed by atoms with Crippen LogP contribution in [-0.4, -0.2) is 23.6 Å². The first kappa shape index (κ1) is 17.0. The van der Waals surface area contributed by atoms with Crippen LogP contribution in [0.2, 0.25) is 0 Å². The molecule has 0 spiro atoms. The number of fused-ring (bicyclic) bond motifs is 1. The summed E-state index contributed by atoms with van der Waals surface area (Å²) in [5.74, 6) is -0.563. The van der Waals surface area contributed by atoms with Gasteiger partial charge in [-0.15, -0.1) is 0 Å². The smallest absolute Gasteiger partial charge is 0.310 e. The van der Waals surface area contributed by atoms with Gasteiger partial charge < -0.3 is 15.2 Å². The molecule has 5 nitrogen and oxygen atoms in total. The van der Waals surface area contributed by atoms with Gasteiger partial charge in [-0.05, 0) is 43.0 Å². The molecule has 5 heteroatoms. The van der Waals surface area contributed by atoms with Gasteiger partial charge in [0.15, 0.2) is 0 Å². The van der Waals surface area contributed by atoms with Crippen LogP contribution in [-0.2, 0) is 22.4 Å². The fraction of sp³-hybridized carbons (Fsp3) is 0.300. The molecule has 0 aliphatic heterocycles. The lowest BCUT2D eigenvalue weighted by Gasteiger charge is -2.23. The maximum atomic E-state index is 12.5. The standard InChI is InChI=1S/C20H21NO4/c1-2-25-17-9-5-8-16(10-17)21-18(22)13-20(19(23)24)11-14-6-3-4-7-15(14)12-20/h3-10H,2,11-13H2,1H3,(H,21,22)(H,23,24). The van der Waals surface area contributed by atoms with Gasteiger partial charge >= 0.3 is 5.97 Å². The van der Waals surface area contributed by atoms with Gasteiger partial charge in [0, 0.05) is 18.2 Å². The van der Waals surface area contributed by atoms with E-state index in [1.54, 1.807) is 18.2 Å². The molecule has 0 unspecified atom stereocenters. The largest absolute Gasteiger partial charge is 0.494 e. The van der Waals surface area contributed by atoms with Gasteiger partial charge in [0.05, 0.1) is 12.0 Å². The third-order valence-electron chi connectivity index (χ3n) is 4.56. The number of anilines is 1. The number of rotatable bonds is 6. The highest BCUT2D eigenvalue weighted by atomic mass is 16.5. The Hall–Kier alpha value is -2.82. The Balaban J connectivity index is 1.73. The number of carbonyl (C=O) groups excluding carboxylic acids is 1. The zero-order chi connectivity index (χ0) is 17.9. The molecule has 0 radical (unpaired) electrons. The Labute approximate surface area is 146 Å². The average molecular weight is 339 g/mol. The number of nitrogens with one attached hydrogen (secondary N) is 1. The first-order chi connectivity index (χ1) is 12.0. The van der Waals surface area contributed by atoms with Crippen LogP contribution < -0.4 is 10.1 Å². The molecule has 0 fully saturated rings. The summed E-state index contributed by atoms with van der Waals surface area (Å²) < 4.78 is 5.42. The van der Waals surface area contributed by atoms with Gasteiger partial charge in [-0.25, -0.2) is 0 Å². The van der Waals surface area contributed by atoms with Crippen LogP contribution in [0.5, 0.6) is 5.75 Å². The number of hydrogen-bond acceptors (Lipinski definition) is 3. The molecule has 130 valence electrons. The van der Waals surface area contributed by atoms with E-state index in [0.29, 0.717) is 30.9 Å². The van der Waals surface area contributed by atoms with Crippen molar-refractivity contribution in [3.63, 3.8) is 0 Å². The highest BCUT2D eigenvalue weighted by Gasteiger charge is 2.45. The van der Waals surface area contributed by atoms with Gasteiger partial charge in [0.2, 0.25) is 5.91 Å². The van der Waals surface area contributed by atoms with E-state index < -0.39 is 11.4 Å². The minimum absolute atomic E-state index is 0.0596. The molecular formula is C20H21NO4. The van der Waals surface area contributed by atoms with Crippen LogP contribution in [0.15, 0.2) is 48.5 Å². The van der Waals surface area contributed by atoms with Crippen molar-refractivity contribution in [2.75, 3.05) is 11.9 Å². The first-order valence-electron chi connectivity index (χ1n) is 8.35. The third kappa shape index (κ3) is 3.65. The van der Waals surface area contributed by atoms with Crippen molar-refractivity contribution in [3.05, 3.63) is 59.7 Å². The van der Waals surface area contributed by atoms with E-state index in [-0.39, 0.29) is 12.3 Å². The van der Waals surface area contributed by atoms with Gasteiger partial charge in [-0.3, -0.25) is 9.59 Å². The summed E-state index contributed by atoms with van der Waals surface area (Å²) in [4.78, 5) is 24.4. The summed E-state index contributed by atoms with van der Waals surface area (Å²) >= 11 is 0. The molecule has 2 N–H and O–H groups in total. The maximum Gasteiger partial charge on any atom is 0.310 e. The van der Waals surface area contributed by atoms with E-state index in [2.05, 4.69) is 5.32 Å². The zero-order valence-electron chi connectivity index (χ0n) is 14.1. The van der Waals surface area contributed by atoms with Crippen molar-refractivity contribution in [1.29, 1.82) is 0 Å². The topological polar surface area (TPSA) is 75.6 Å². The summed E-state index contributed by atoms with van der Waals surface area (Å²) in [5, 5.41) is 12.6. The van der Waals surface area contributed by atoms with E-state index in [4.69, 9.17) is 4.74 Å². The van der Waals surface area contributed by atoms with Gasteiger partial charge in [0.1, 0.15) is 5.75 Å². The van der Waals surface area contributed by atoms with Crippen LogP contribution in [0.3, 0.4) is 0 Å². The second-order valence-corrected chi connectivity index (χ2v) is 6.39. The number of carboxylic acids is 1. The summed E-state index contributed by atoms with van der Waals surface area (Å²) in [5.41, 5.74) is 1.55. The van der Waals surface area contributed by atoms with Gasteiger partial charge in [-0.2, -0.15) is 0 Å².